The van der Waals surface area contributed by atoms with Crippen LogP contribution in [0.25, 0.3) is 5.69 Å². The molecule has 0 radical (unpaired) electrons. The molecule has 0 bridgehead atoms. The maximum absolute atomic E-state index is 12.6. The van der Waals surface area contributed by atoms with E-state index >= 15 is 0 Å². The van der Waals surface area contributed by atoms with Crippen LogP contribution in [0.2, 0.25) is 0 Å². The summed E-state index contributed by atoms with van der Waals surface area (Å²) in [4.78, 5) is 36.7. The molecule has 0 spiro atoms. The maximum Gasteiger partial charge on any atom is 0.340 e. The fourth-order valence-electron chi connectivity index (χ4n) is 3.35. The van der Waals surface area contributed by atoms with E-state index in [0.717, 1.165) is 17.1 Å². The molecule has 0 aliphatic rings. The Bertz CT molecular complexity index is 1100. The Labute approximate surface area is 181 Å². The number of hydrogen-bond acceptors (Lipinski definition) is 4. The lowest BCUT2D eigenvalue weighted by molar-refractivity contribution is -0.119. The molecule has 160 valence electrons. The number of amides is 2. The first-order valence-electron chi connectivity index (χ1n) is 10.00. The molecule has 3 rings (SSSR count). The third kappa shape index (κ3) is 5.19. The number of nitrogens with one attached hydrogen (secondary N) is 2. The third-order valence-electron chi connectivity index (χ3n) is 4.75. The number of benzene rings is 2. The quantitative estimate of drug-likeness (QED) is 0.572. The van der Waals surface area contributed by atoms with E-state index in [-0.39, 0.29) is 5.91 Å². The van der Waals surface area contributed by atoms with Gasteiger partial charge in [-0.05, 0) is 57.2 Å². The summed E-state index contributed by atoms with van der Waals surface area (Å²) in [6.45, 7) is 5.65. The van der Waals surface area contributed by atoms with Crippen molar-refractivity contribution < 1.29 is 19.1 Å². The summed E-state index contributed by atoms with van der Waals surface area (Å²) < 4.78 is 7.18. The predicted molar refractivity (Wildman–Crippen MR) is 119 cm³/mol. The Morgan fingerprint density at radius 3 is 2.42 bits per heavy atom. The van der Waals surface area contributed by atoms with E-state index in [1.54, 1.807) is 30.3 Å². The van der Waals surface area contributed by atoms with Crippen LogP contribution in [0.3, 0.4) is 0 Å². The Hall–Kier alpha value is -3.87. The van der Waals surface area contributed by atoms with Gasteiger partial charge in [-0.3, -0.25) is 9.59 Å². The van der Waals surface area contributed by atoms with Gasteiger partial charge in [-0.25, -0.2) is 4.79 Å². The molecule has 2 N–H and O–H groups in total. The van der Waals surface area contributed by atoms with Crippen molar-refractivity contribution in [3.63, 3.8) is 0 Å². The van der Waals surface area contributed by atoms with Crippen molar-refractivity contribution in [3.05, 3.63) is 83.2 Å². The van der Waals surface area contributed by atoms with E-state index in [1.807, 2.05) is 55.7 Å². The Balaban J connectivity index is 1.63. The Morgan fingerprint density at radius 2 is 1.71 bits per heavy atom. The van der Waals surface area contributed by atoms with E-state index < -0.39 is 18.5 Å². The van der Waals surface area contributed by atoms with E-state index in [9.17, 15) is 14.4 Å². The van der Waals surface area contributed by atoms with Crippen LogP contribution in [-0.2, 0) is 9.53 Å². The van der Waals surface area contributed by atoms with E-state index in [0.29, 0.717) is 23.4 Å². The number of carbonyl (C=O) groups excluding carboxylic acids is 3. The first-order valence-corrected chi connectivity index (χ1v) is 10.00. The van der Waals surface area contributed by atoms with Crippen molar-refractivity contribution in [1.29, 1.82) is 0 Å². The van der Waals surface area contributed by atoms with Gasteiger partial charge in [0.25, 0.3) is 11.8 Å². The number of aryl methyl sites for hydroxylation is 1. The summed E-state index contributed by atoms with van der Waals surface area (Å²) in [7, 11) is 0. The van der Waals surface area contributed by atoms with Gasteiger partial charge < -0.3 is 19.9 Å². The first kappa shape index (κ1) is 21.8. The van der Waals surface area contributed by atoms with Crippen LogP contribution in [0.5, 0.6) is 0 Å². The second-order valence-electron chi connectivity index (χ2n) is 7.02. The number of rotatable bonds is 7. The molecule has 2 aromatic carbocycles. The van der Waals surface area contributed by atoms with Crippen molar-refractivity contribution in [2.45, 2.75) is 20.8 Å². The number of nitrogens with zero attached hydrogens (tertiary/aromatic N) is 1. The van der Waals surface area contributed by atoms with Gasteiger partial charge in [-0.2, -0.15) is 0 Å². The predicted octanol–water partition coefficient (Wildman–Crippen LogP) is 3.64. The fourth-order valence-corrected chi connectivity index (χ4v) is 3.35. The largest absolute Gasteiger partial charge is 0.452 e. The minimum absolute atomic E-state index is 0.223. The molecule has 0 fully saturated rings. The van der Waals surface area contributed by atoms with Crippen LogP contribution in [0, 0.1) is 13.8 Å². The van der Waals surface area contributed by atoms with Gasteiger partial charge in [0.15, 0.2) is 6.61 Å². The average Bonchev–Trinajstić information content (AvgIpc) is 3.07. The van der Waals surface area contributed by atoms with Crippen LogP contribution < -0.4 is 10.6 Å². The molecule has 3 aromatic rings. The standard InChI is InChI=1S/C24H25N3O4/c1-4-25-23(29)18-9-8-10-19(14-18)26-22(28)15-31-24(30)21-13-16(2)27(17(21)3)20-11-6-5-7-12-20/h5-14H,4,15H2,1-3H3,(H,25,29)(H,26,28). The molecule has 0 aliphatic heterocycles. The van der Waals surface area contributed by atoms with E-state index in [1.165, 1.54) is 0 Å². The van der Waals surface area contributed by atoms with Gasteiger partial charge in [0.2, 0.25) is 0 Å². The number of anilines is 1. The van der Waals surface area contributed by atoms with Crippen LogP contribution in [-0.4, -0.2) is 35.5 Å². The zero-order valence-corrected chi connectivity index (χ0v) is 17.8. The normalized spacial score (nSPS) is 10.4. The van der Waals surface area contributed by atoms with Crippen molar-refractivity contribution >= 4 is 23.5 Å². The van der Waals surface area contributed by atoms with Crippen molar-refractivity contribution in [3.8, 4) is 5.69 Å². The topological polar surface area (TPSA) is 89.4 Å². The van der Waals surface area contributed by atoms with Gasteiger partial charge in [-0.1, -0.05) is 24.3 Å². The molecule has 0 aliphatic carbocycles. The van der Waals surface area contributed by atoms with Gasteiger partial charge >= 0.3 is 5.97 Å². The number of para-hydroxylation sites is 1. The molecule has 2 amide bonds. The van der Waals surface area contributed by atoms with Gasteiger partial charge in [-0.15, -0.1) is 0 Å². The molecule has 7 heteroatoms. The second kappa shape index (κ2) is 9.75. The van der Waals surface area contributed by atoms with Crippen LogP contribution >= 0.6 is 0 Å². The molecule has 0 unspecified atom stereocenters. The van der Waals surface area contributed by atoms with Crippen molar-refractivity contribution in [2.24, 2.45) is 0 Å². The van der Waals surface area contributed by atoms with E-state index in [2.05, 4.69) is 10.6 Å². The monoisotopic (exact) mass is 419 g/mol. The number of ether oxygens (including phenoxy) is 1. The molecule has 1 aromatic heterocycles. The van der Waals surface area contributed by atoms with Gasteiger partial charge in [0.05, 0.1) is 5.56 Å². The molecule has 0 saturated heterocycles. The maximum atomic E-state index is 12.6. The highest BCUT2D eigenvalue weighted by Gasteiger charge is 2.19. The Morgan fingerprint density at radius 1 is 0.968 bits per heavy atom. The molecular formula is C24H25N3O4. The summed E-state index contributed by atoms with van der Waals surface area (Å²) in [5.41, 5.74) is 3.87. The van der Waals surface area contributed by atoms with Crippen LogP contribution in [0.1, 0.15) is 39.0 Å². The minimum atomic E-state index is -0.568. The summed E-state index contributed by atoms with van der Waals surface area (Å²) in [5.74, 6) is -1.28. The lowest BCUT2D eigenvalue weighted by atomic mass is 10.2. The number of carbonyl (C=O) groups is 3. The highest BCUT2D eigenvalue weighted by molar-refractivity contribution is 5.98. The highest BCUT2D eigenvalue weighted by Crippen LogP contribution is 2.21. The summed E-state index contributed by atoms with van der Waals surface area (Å²) >= 11 is 0. The number of aromatic nitrogens is 1. The second-order valence-corrected chi connectivity index (χ2v) is 7.02. The molecular weight excluding hydrogens is 394 g/mol. The lowest BCUT2D eigenvalue weighted by Gasteiger charge is -2.10. The minimum Gasteiger partial charge on any atom is -0.452 e. The summed E-state index contributed by atoms with van der Waals surface area (Å²) in [6.07, 6.45) is 0. The van der Waals surface area contributed by atoms with Crippen molar-refractivity contribution in [2.75, 3.05) is 18.5 Å². The first-order chi connectivity index (χ1) is 14.9. The van der Waals surface area contributed by atoms with Crippen LogP contribution in [0.4, 0.5) is 5.69 Å². The number of hydrogen-bond donors (Lipinski definition) is 2. The fraction of sp³-hybridized carbons (Fsp3) is 0.208. The highest BCUT2D eigenvalue weighted by atomic mass is 16.5. The number of esters is 1. The zero-order chi connectivity index (χ0) is 22.4. The molecule has 0 saturated carbocycles. The zero-order valence-electron chi connectivity index (χ0n) is 17.8. The summed E-state index contributed by atoms with van der Waals surface area (Å²) in [6, 6.07) is 18.0. The van der Waals surface area contributed by atoms with E-state index in [4.69, 9.17) is 4.74 Å². The van der Waals surface area contributed by atoms with Crippen LogP contribution in [0.15, 0.2) is 60.7 Å². The Kier molecular flexibility index (Phi) is 6.87. The smallest absolute Gasteiger partial charge is 0.340 e. The average molecular weight is 419 g/mol. The SMILES string of the molecule is CCNC(=O)c1cccc(NC(=O)COC(=O)c2cc(C)n(-c3ccccc3)c2C)c1. The lowest BCUT2D eigenvalue weighted by Crippen LogP contribution is -2.23. The molecule has 7 nitrogen and oxygen atoms in total. The molecule has 0 atom stereocenters. The third-order valence-corrected chi connectivity index (χ3v) is 4.75. The van der Waals surface area contributed by atoms with Gasteiger partial charge in [0, 0.05) is 34.9 Å². The molecule has 31 heavy (non-hydrogen) atoms. The summed E-state index contributed by atoms with van der Waals surface area (Å²) in [5, 5.41) is 5.34. The molecule has 1 heterocycles. The van der Waals surface area contributed by atoms with Crippen molar-refractivity contribution in [1.82, 2.24) is 9.88 Å². The van der Waals surface area contributed by atoms with Gasteiger partial charge in [0.1, 0.15) is 0 Å².